The Bertz CT molecular complexity index is 640. The summed E-state index contributed by atoms with van der Waals surface area (Å²) in [7, 11) is 0. The maximum Gasteiger partial charge on any atom is 0.119 e. The van der Waals surface area contributed by atoms with Crippen LogP contribution in [0.4, 0.5) is 0 Å². The smallest absolute Gasteiger partial charge is 0.119 e. The Morgan fingerprint density at radius 1 is 0.920 bits per heavy atom. The number of rotatable bonds is 8. The fourth-order valence-electron chi connectivity index (χ4n) is 3.73. The highest BCUT2D eigenvalue weighted by atomic mass is 16.3. The molecule has 0 saturated carbocycles. The molecule has 0 bridgehead atoms. The molecule has 0 heterocycles. The maximum atomic E-state index is 10.4. The molecule has 136 valence electrons. The number of aromatic hydroxyl groups is 1. The number of benzene rings is 2. The van der Waals surface area contributed by atoms with Crippen LogP contribution in [0.15, 0.2) is 48.5 Å². The van der Waals surface area contributed by atoms with Crippen LogP contribution in [0.1, 0.15) is 63.1 Å². The van der Waals surface area contributed by atoms with E-state index in [1.165, 1.54) is 11.1 Å². The molecule has 0 amide bonds. The maximum absolute atomic E-state index is 10.4. The van der Waals surface area contributed by atoms with Gasteiger partial charge in [-0.25, -0.2) is 0 Å². The van der Waals surface area contributed by atoms with E-state index in [1.807, 2.05) is 12.1 Å². The van der Waals surface area contributed by atoms with Gasteiger partial charge >= 0.3 is 0 Å². The van der Waals surface area contributed by atoms with Gasteiger partial charge in [-0.15, -0.1) is 0 Å². The molecule has 1 N–H and O–H groups in total. The summed E-state index contributed by atoms with van der Waals surface area (Å²) in [5.41, 5.74) is 3.52. The third-order valence-corrected chi connectivity index (χ3v) is 5.00. The van der Waals surface area contributed by atoms with Crippen molar-refractivity contribution in [2.45, 2.75) is 65.5 Å². The van der Waals surface area contributed by atoms with Crippen LogP contribution in [-0.2, 0) is 0 Å². The first-order chi connectivity index (χ1) is 11.9. The zero-order chi connectivity index (χ0) is 18.4. The molecule has 0 radical (unpaired) electrons. The van der Waals surface area contributed by atoms with E-state index in [-0.39, 0.29) is 5.92 Å². The van der Waals surface area contributed by atoms with Gasteiger partial charge in [-0.2, -0.15) is 0 Å². The third kappa shape index (κ3) is 5.34. The molecule has 0 spiro atoms. The number of aryl methyl sites for hydroxylation is 1. The second-order valence-electron chi connectivity index (χ2n) is 7.59. The quantitative estimate of drug-likeness (QED) is 0.663. The zero-order valence-electron chi connectivity index (χ0n) is 16.4. The van der Waals surface area contributed by atoms with Gasteiger partial charge in [-0.1, -0.05) is 48.0 Å². The molecule has 0 saturated heterocycles. The number of nitrogens with zero attached hydrogens (tertiary/aromatic N) is 1. The molecule has 25 heavy (non-hydrogen) atoms. The van der Waals surface area contributed by atoms with Gasteiger partial charge in [-0.3, -0.25) is 4.90 Å². The van der Waals surface area contributed by atoms with Crippen molar-refractivity contribution in [2.24, 2.45) is 0 Å². The predicted octanol–water partition coefficient (Wildman–Crippen LogP) is 5.73. The van der Waals surface area contributed by atoms with Crippen LogP contribution < -0.4 is 0 Å². The van der Waals surface area contributed by atoms with Crippen molar-refractivity contribution in [2.75, 3.05) is 6.54 Å². The summed E-state index contributed by atoms with van der Waals surface area (Å²) in [4.78, 5) is 2.54. The first-order valence-corrected chi connectivity index (χ1v) is 9.50. The summed E-state index contributed by atoms with van der Waals surface area (Å²) < 4.78 is 0. The molecule has 1 atom stereocenters. The minimum atomic E-state index is 0.238. The van der Waals surface area contributed by atoms with E-state index in [2.05, 4.69) is 75.9 Å². The van der Waals surface area contributed by atoms with Crippen molar-refractivity contribution < 1.29 is 5.11 Å². The van der Waals surface area contributed by atoms with Gasteiger partial charge in [0.2, 0.25) is 0 Å². The molecule has 0 fully saturated rings. The molecule has 2 heteroatoms. The number of phenols is 1. The van der Waals surface area contributed by atoms with E-state index >= 15 is 0 Å². The van der Waals surface area contributed by atoms with Gasteiger partial charge in [0.25, 0.3) is 0 Å². The van der Waals surface area contributed by atoms with Gasteiger partial charge in [0.15, 0.2) is 0 Å². The number of phenolic OH excluding ortho intramolecular Hbond substituents is 1. The molecule has 0 aromatic heterocycles. The summed E-state index contributed by atoms with van der Waals surface area (Å²) in [5.74, 6) is 0.645. The van der Waals surface area contributed by atoms with Crippen molar-refractivity contribution in [1.29, 1.82) is 0 Å². The lowest BCUT2D eigenvalue weighted by atomic mass is 9.86. The minimum Gasteiger partial charge on any atom is -0.508 e. The standard InChI is InChI=1S/C23H33NO/c1-17(2)24(18(3)4)15-9-12-21(20-10-7-6-8-11-20)22-16-19(5)13-14-23(22)25/h6-8,10-11,13-14,16-18,21,25H,9,12,15H2,1-5H3. The minimum absolute atomic E-state index is 0.238. The average Bonchev–Trinajstić information content (AvgIpc) is 2.57. The summed E-state index contributed by atoms with van der Waals surface area (Å²) in [5, 5.41) is 10.4. The van der Waals surface area contributed by atoms with Crippen LogP contribution >= 0.6 is 0 Å². The molecule has 0 aliphatic heterocycles. The van der Waals surface area contributed by atoms with E-state index in [4.69, 9.17) is 0 Å². The fraction of sp³-hybridized carbons (Fsp3) is 0.478. The molecule has 1 unspecified atom stereocenters. The molecule has 2 rings (SSSR count). The van der Waals surface area contributed by atoms with Gasteiger partial charge in [0.1, 0.15) is 5.75 Å². The van der Waals surface area contributed by atoms with Crippen molar-refractivity contribution in [3.05, 3.63) is 65.2 Å². The lowest BCUT2D eigenvalue weighted by molar-refractivity contribution is 0.171. The van der Waals surface area contributed by atoms with E-state index in [0.717, 1.165) is 24.9 Å². The van der Waals surface area contributed by atoms with Crippen LogP contribution in [0, 0.1) is 6.92 Å². The predicted molar refractivity (Wildman–Crippen MR) is 107 cm³/mol. The molecule has 0 aliphatic carbocycles. The topological polar surface area (TPSA) is 23.5 Å². The molecular weight excluding hydrogens is 306 g/mol. The highest BCUT2D eigenvalue weighted by Gasteiger charge is 2.19. The summed E-state index contributed by atoms with van der Waals surface area (Å²) in [6.45, 7) is 12.2. The highest BCUT2D eigenvalue weighted by Crippen LogP contribution is 2.35. The molecule has 2 nitrogen and oxygen atoms in total. The second-order valence-corrected chi connectivity index (χ2v) is 7.59. The van der Waals surface area contributed by atoms with Crippen molar-refractivity contribution in [1.82, 2.24) is 4.90 Å². The van der Waals surface area contributed by atoms with Crippen molar-refractivity contribution in [3.63, 3.8) is 0 Å². The van der Waals surface area contributed by atoms with E-state index in [9.17, 15) is 5.11 Å². The highest BCUT2D eigenvalue weighted by molar-refractivity contribution is 5.43. The fourth-order valence-corrected chi connectivity index (χ4v) is 3.73. The summed E-state index contributed by atoms with van der Waals surface area (Å²) >= 11 is 0. The Balaban J connectivity index is 2.20. The van der Waals surface area contributed by atoms with Crippen LogP contribution in [-0.4, -0.2) is 28.6 Å². The number of hydrogen-bond donors (Lipinski definition) is 1. The Hall–Kier alpha value is -1.80. The second kappa shape index (κ2) is 9.05. The zero-order valence-corrected chi connectivity index (χ0v) is 16.4. The summed E-state index contributed by atoms with van der Waals surface area (Å²) in [6, 6.07) is 17.6. The monoisotopic (exact) mass is 339 g/mol. The molecule has 2 aromatic rings. The van der Waals surface area contributed by atoms with Gasteiger partial charge in [0, 0.05) is 23.6 Å². The lowest BCUT2D eigenvalue weighted by Gasteiger charge is -2.31. The van der Waals surface area contributed by atoms with Gasteiger partial charge in [0.05, 0.1) is 0 Å². The van der Waals surface area contributed by atoms with Crippen LogP contribution in [0.2, 0.25) is 0 Å². The van der Waals surface area contributed by atoms with Gasteiger partial charge in [-0.05, 0) is 65.6 Å². The molecule has 2 aromatic carbocycles. The largest absolute Gasteiger partial charge is 0.508 e. The Kier molecular flexibility index (Phi) is 7.07. The lowest BCUT2D eigenvalue weighted by Crippen LogP contribution is -2.37. The van der Waals surface area contributed by atoms with Crippen LogP contribution in [0.25, 0.3) is 0 Å². The van der Waals surface area contributed by atoms with Crippen LogP contribution in [0.3, 0.4) is 0 Å². The first-order valence-electron chi connectivity index (χ1n) is 9.50. The van der Waals surface area contributed by atoms with Gasteiger partial charge < -0.3 is 5.11 Å². The third-order valence-electron chi connectivity index (χ3n) is 5.00. The summed E-state index contributed by atoms with van der Waals surface area (Å²) in [6.07, 6.45) is 2.15. The molecule has 0 aliphatic rings. The Morgan fingerprint density at radius 2 is 1.56 bits per heavy atom. The van der Waals surface area contributed by atoms with E-state index in [1.54, 1.807) is 0 Å². The number of hydrogen-bond acceptors (Lipinski definition) is 2. The Morgan fingerprint density at radius 3 is 2.16 bits per heavy atom. The normalized spacial score (nSPS) is 13.0. The van der Waals surface area contributed by atoms with Crippen LogP contribution in [0.5, 0.6) is 5.75 Å². The molecular formula is C23H33NO. The first kappa shape index (κ1) is 19.5. The van der Waals surface area contributed by atoms with Crippen molar-refractivity contribution >= 4 is 0 Å². The van der Waals surface area contributed by atoms with Crippen molar-refractivity contribution in [3.8, 4) is 5.75 Å². The average molecular weight is 340 g/mol. The van der Waals surface area contributed by atoms with E-state index < -0.39 is 0 Å². The van der Waals surface area contributed by atoms with E-state index in [0.29, 0.717) is 17.8 Å². The SMILES string of the molecule is Cc1ccc(O)c(C(CCCN(C(C)C)C(C)C)c2ccccc2)c1. The Labute approximate surface area is 153 Å².